The lowest BCUT2D eigenvalue weighted by Crippen LogP contribution is -2.19. The number of nitrogens with one attached hydrogen (secondary N) is 1. The van der Waals surface area contributed by atoms with Crippen LogP contribution in [-0.4, -0.2) is 22.4 Å². The summed E-state index contributed by atoms with van der Waals surface area (Å²) in [5.74, 6) is -0.711. The number of anilines is 1. The van der Waals surface area contributed by atoms with Crippen molar-refractivity contribution < 1.29 is 9.42 Å². The quantitative estimate of drug-likeness (QED) is 0.638. The van der Waals surface area contributed by atoms with Gasteiger partial charge in [-0.1, -0.05) is 29.8 Å². The highest BCUT2D eigenvalue weighted by atomic mass is 35.5. The number of rotatable bonds is 3. The lowest BCUT2D eigenvalue weighted by Gasteiger charge is -1.97. The third-order valence-corrected chi connectivity index (χ3v) is 2.35. The minimum absolute atomic E-state index is 0.0968. The van der Waals surface area contributed by atoms with E-state index in [1.807, 2.05) is 0 Å². The number of halogens is 1. The van der Waals surface area contributed by atoms with Crippen molar-refractivity contribution in [2.75, 3.05) is 5.73 Å². The standard InChI is InChI=1S/C10H8ClN5O2/c11-7-4-2-1-3-6(7)5-13-14-10(17)8-9(12)16-18-15-8/h1-5H,(H2,12,16)(H,14,17)/b13-5+. The number of carbonyl (C=O) groups is 1. The minimum Gasteiger partial charge on any atom is -0.379 e. The smallest absolute Gasteiger partial charge is 0.297 e. The second kappa shape index (κ2) is 5.28. The molecule has 7 nitrogen and oxygen atoms in total. The number of carbonyl (C=O) groups excluding carboxylic acids is 1. The predicted octanol–water partition coefficient (Wildman–Crippen LogP) is 1.07. The van der Waals surface area contributed by atoms with E-state index in [2.05, 4.69) is 25.5 Å². The molecule has 92 valence electrons. The maximum absolute atomic E-state index is 11.5. The summed E-state index contributed by atoms with van der Waals surface area (Å²) < 4.78 is 4.29. The Kier molecular flexibility index (Phi) is 3.54. The molecule has 0 radical (unpaired) electrons. The monoisotopic (exact) mass is 265 g/mol. The molecule has 1 aromatic heterocycles. The van der Waals surface area contributed by atoms with Crippen molar-refractivity contribution in [2.24, 2.45) is 5.10 Å². The van der Waals surface area contributed by atoms with Crippen LogP contribution >= 0.6 is 11.6 Å². The van der Waals surface area contributed by atoms with Crippen LogP contribution in [0.15, 0.2) is 34.0 Å². The molecule has 0 fully saturated rings. The Morgan fingerprint density at radius 2 is 2.22 bits per heavy atom. The summed E-state index contributed by atoms with van der Waals surface area (Å²) in [5.41, 5.74) is 8.13. The molecule has 0 aliphatic carbocycles. The van der Waals surface area contributed by atoms with Gasteiger partial charge in [-0.05, 0) is 16.4 Å². The fraction of sp³-hybridized carbons (Fsp3) is 0. The molecule has 2 rings (SSSR count). The average molecular weight is 266 g/mol. The van der Waals surface area contributed by atoms with Gasteiger partial charge in [-0.2, -0.15) is 5.10 Å². The Bertz CT molecular complexity index is 595. The maximum atomic E-state index is 11.5. The molecule has 0 aliphatic heterocycles. The van der Waals surface area contributed by atoms with Crippen LogP contribution in [0.4, 0.5) is 5.82 Å². The van der Waals surface area contributed by atoms with Crippen molar-refractivity contribution in [1.82, 2.24) is 15.7 Å². The first-order valence-corrected chi connectivity index (χ1v) is 5.22. The van der Waals surface area contributed by atoms with Crippen molar-refractivity contribution in [1.29, 1.82) is 0 Å². The van der Waals surface area contributed by atoms with Crippen molar-refractivity contribution in [3.05, 3.63) is 40.5 Å². The SMILES string of the molecule is Nc1nonc1C(=O)N/N=C/c1ccccc1Cl. The molecular formula is C10H8ClN5O2. The third-order valence-electron chi connectivity index (χ3n) is 2.00. The zero-order valence-electron chi connectivity index (χ0n) is 9.00. The van der Waals surface area contributed by atoms with Crippen LogP contribution < -0.4 is 11.2 Å². The molecule has 3 N–H and O–H groups in total. The fourth-order valence-electron chi connectivity index (χ4n) is 1.15. The first kappa shape index (κ1) is 12.1. The topological polar surface area (TPSA) is 106 Å². The highest BCUT2D eigenvalue weighted by Gasteiger charge is 2.14. The summed E-state index contributed by atoms with van der Waals surface area (Å²) in [6, 6.07) is 7.06. The summed E-state index contributed by atoms with van der Waals surface area (Å²) in [7, 11) is 0. The zero-order chi connectivity index (χ0) is 13.0. The van der Waals surface area contributed by atoms with Gasteiger partial charge in [-0.3, -0.25) is 4.79 Å². The van der Waals surface area contributed by atoms with E-state index in [-0.39, 0.29) is 11.5 Å². The van der Waals surface area contributed by atoms with E-state index in [4.69, 9.17) is 17.3 Å². The Morgan fingerprint density at radius 3 is 2.89 bits per heavy atom. The molecule has 1 amide bonds. The summed E-state index contributed by atoms with van der Waals surface area (Å²) in [6.07, 6.45) is 1.41. The third kappa shape index (κ3) is 2.64. The van der Waals surface area contributed by atoms with Crippen molar-refractivity contribution in [3.8, 4) is 0 Å². The van der Waals surface area contributed by atoms with Crippen LogP contribution in [0.25, 0.3) is 0 Å². The van der Waals surface area contributed by atoms with E-state index in [1.54, 1.807) is 24.3 Å². The number of aromatic nitrogens is 2. The maximum Gasteiger partial charge on any atom is 0.297 e. The van der Waals surface area contributed by atoms with Gasteiger partial charge in [0.1, 0.15) is 0 Å². The number of hydrogen-bond acceptors (Lipinski definition) is 6. The molecule has 0 saturated carbocycles. The zero-order valence-corrected chi connectivity index (χ0v) is 9.76. The van der Waals surface area contributed by atoms with Gasteiger partial charge in [0, 0.05) is 10.6 Å². The summed E-state index contributed by atoms with van der Waals surface area (Å²) in [6.45, 7) is 0. The molecule has 0 atom stereocenters. The summed E-state index contributed by atoms with van der Waals surface area (Å²) >= 11 is 5.90. The molecule has 18 heavy (non-hydrogen) atoms. The highest BCUT2D eigenvalue weighted by molar-refractivity contribution is 6.33. The van der Waals surface area contributed by atoms with Gasteiger partial charge >= 0.3 is 0 Å². The number of hydrogen-bond donors (Lipinski definition) is 2. The van der Waals surface area contributed by atoms with Gasteiger partial charge in [0.05, 0.1) is 6.21 Å². The Balaban J connectivity index is 2.03. The van der Waals surface area contributed by atoms with Gasteiger partial charge in [0.25, 0.3) is 5.91 Å². The lowest BCUT2D eigenvalue weighted by atomic mass is 10.2. The van der Waals surface area contributed by atoms with E-state index in [9.17, 15) is 4.79 Å². The molecule has 1 heterocycles. The molecular weight excluding hydrogens is 258 g/mol. The van der Waals surface area contributed by atoms with E-state index in [1.165, 1.54) is 6.21 Å². The predicted molar refractivity (Wildman–Crippen MR) is 65.2 cm³/mol. The molecule has 2 aromatic rings. The van der Waals surface area contributed by atoms with E-state index in [0.717, 1.165) is 0 Å². The van der Waals surface area contributed by atoms with Gasteiger partial charge in [-0.25, -0.2) is 10.1 Å². The average Bonchev–Trinajstić information content (AvgIpc) is 2.78. The summed E-state index contributed by atoms with van der Waals surface area (Å²) in [5, 5.41) is 10.9. The van der Waals surface area contributed by atoms with Gasteiger partial charge in [0.2, 0.25) is 11.5 Å². The van der Waals surface area contributed by atoms with E-state index < -0.39 is 5.91 Å². The highest BCUT2D eigenvalue weighted by Crippen LogP contribution is 2.12. The molecule has 0 saturated heterocycles. The molecule has 0 spiro atoms. The van der Waals surface area contributed by atoms with Crippen LogP contribution in [0.2, 0.25) is 5.02 Å². The van der Waals surface area contributed by atoms with Crippen LogP contribution in [0, 0.1) is 0 Å². The number of hydrazone groups is 1. The molecule has 1 aromatic carbocycles. The van der Waals surface area contributed by atoms with Gasteiger partial charge in [-0.15, -0.1) is 0 Å². The van der Waals surface area contributed by atoms with E-state index >= 15 is 0 Å². The normalized spacial score (nSPS) is 10.7. The number of benzene rings is 1. The van der Waals surface area contributed by atoms with Gasteiger partial charge in [0.15, 0.2) is 0 Å². The Labute approximate surface area is 107 Å². The number of amides is 1. The molecule has 8 heteroatoms. The fourth-order valence-corrected chi connectivity index (χ4v) is 1.33. The Hall–Kier alpha value is -2.41. The van der Waals surface area contributed by atoms with Gasteiger partial charge < -0.3 is 5.73 Å². The van der Waals surface area contributed by atoms with Crippen molar-refractivity contribution in [2.45, 2.75) is 0 Å². The second-order valence-corrected chi connectivity index (χ2v) is 3.63. The largest absolute Gasteiger partial charge is 0.379 e. The summed E-state index contributed by atoms with van der Waals surface area (Å²) in [4.78, 5) is 11.5. The molecule has 0 bridgehead atoms. The Morgan fingerprint density at radius 1 is 1.44 bits per heavy atom. The van der Waals surface area contributed by atoms with Crippen molar-refractivity contribution >= 4 is 29.5 Å². The first-order chi connectivity index (χ1) is 8.68. The lowest BCUT2D eigenvalue weighted by molar-refractivity contribution is 0.0946. The van der Waals surface area contributed by atoms with Crippen molar-refractivity contribution in [3.63, 3.8) is 0 Å². The number of nitrogens with zero attached hydrogens (tertiary/aromatic N) is 3. The van der Waals surface area contributed by atoms with E-state index in [0.29, 0.717) is 10.6 Å². The molecule has 0 unspecified atom stereocenters. The minimum atomic E-state index is -0.614. The van der Waals surface area contributed by atoms with Crippen LogP contribution in [0.3, 0.4) is 0 Å². The van der Waals surface area contributed by atoms with Crippen LogP contribution in [0.1, 0.15) is 16.1 Å². The van der Waals surface area contributed by atoms with Crippen LogP contribution in [0.5, 0.6) is 0 Å². The first-order valence-electron chi connectivity index (χ1n) is 4.84. The molecule has 0 aliphatic rings. The number of nitrogen functional groups attached to an aromatic ring is 1. The second-order valence-electron chi connectivity index (χ2n) is 3.22. The van der Waals surface area contributed by atoms with Crippen LogP contribution in [-0.2, 0) is 0 Å². The number of nitrogens with two attached hydrogens (primary N) is 1.